The molecule has 0 aliphatic carbocycles. The van der Waals surface area contributed by atoms with Crippen LogP contribution in [0.25, 0.3) is 0 Å². The molecular formula is C18H19Cl2IO4. The summed E-state index contributed by atoms with van der Waals surface area (Å²) in [6.45, 7) is 4.52. The quantitative estimate of drug-likeness (QED) is 0.327. The zero-order valence-corrected chi connectivity index (χ0v) is 17.5. The maximum absolute atomic E-state index is 10.4. The van der Waals surface area contributed by atoms with E-state index in [1.54, 1.807) is 18.2 Å². The van der Waals surface area contributed by atoms with Crippen LogP contribution >= 0.6 is 45.8 Å². The summed E-state index contributed by atoms with van der Waals surface area (Å²) in [5.74, 6) is 0.495. The molecule has 0 radical (unpaired) electrons. The summed E-state index contributed by atoms with van der Waals surface area (Å²) >= 11 is 13.6. The molecule has 0 bridgehead atoms. The molecule has 2 aromatic carbocycles. The molecule has 0 fully saturated rings. The third kappa shape index (κ3) is 9.67. The predicted molar refractivity (Wildman–Crippen MR) is 111 cm³/mol. The first-order valence-corrected chi connectivity index (χ1v) is 9.58. The molecule has 0 aliphatic heterocycles. The van der Waals surface area contributed by atoms with Gasteiger partial charge in [0.25, 0.3) is 0 Å². The Morgan fingerprint density at radius 3 is 1.92 bits per heavy atom. The van der Waals surface area contributed by atoms with Gasteiger partial charge >= 0.3 is 0 Å². The molecule has 2 rings (SSSR count). The largest absolute Gasteiger partial charge is 0.506 e. The summed E-state index contributed by atoms with van der Waals surface area (Å²) in [7, 11) is 0. The molecule has 136 valence electrons. The van der Waals surface area contributed by atoms with Crippen molar-refractivity contribution in [3.63, 3.8) is 0 Å². The Bertz CT molecular complexity index is 678. The van der Waals surface area contributed by atoms with Crippen molar-refractivity contribution in [1.82, 2.24) is 0 Å². The number of hydrogen-bond acceptors (Lipinski definition) is 4. The molecule has 0 saturated carbocycles. The molecule has 0 amide bonds. The van der Waals surface area contributed by atoms with Crippen LogP contribution in [0.15, 0.2) is 36.4 Å². The molecule has 0 aliphatic rings. The second-order valence-electron chi connectivity index (χ2n) is 4.34. The van der Waals surface area contributed by atoms with Crippen molar-refractivity contribution in [1.29, 1.82) is 0 Å². The average Bonchev–Trinajstić information content (AvgIpc) is 2.61. The van der Waals surface area contributed by atoms with E-state index in [-0.39, 0.29) is 10.8 Å². The van der Waals surface area contributed by atoms with Gasteiger partial charge in [-0.3, -0.25) is 9.59 Å². The van der Waals surface area contributed by atoms with Crippen LogP contribution in [0.3, 0.4) is 0 Å². The normalized spacial score (nSPS) is 9.00. The summed E-state index contributed by atoms with van der Waals surface area (Å²) < 4.78 is 6.41. The van der Waals surface area contributed by atoms with Gasteiger partial charge in [0.15, 0.2) is 0 Å². The maximum Gasteiger partial charge on any atom is 0.150 e. The number of aldehydes is 2. The standard InChI is InChI=1S/C9H9ClO2.C7H5ClO2.C2H5I/c1-2-12-9-5-7(6-11)3-4-8(9)10;8-6-2-1-5(4-9)3-7(6)10;1-2-3/h3-6H,2H2,1H3;1-4,10H;2H2,1H3. The summed E-state index contributed by atoms with van der Waals surface area (Å²) in [4.78, 5) is 20.5. The molecule has 0 atom stereocenters. The van der Waals surface area contributed by atoms with Gasteiger partial charge < -0.3 is 9.84 Å². The van der Waals surface area contributed by atoms with Crippen molar-refractivity contribution < 1.29 is 19.4 Å². The monoisotopic (exact) mass is 496 g/mol. The highest BCUT2D eigenvalue weighted by Gasteiger charge is 2.01. The molecular weight excluding hydrogens is 478 g/mol. The van der Waals surface area contributed by atoms with Crippen LogP contribution in [0, 0.1) is 0 Å². The third-order valence-electron chi connectivity index (χ3n) is 2.50. The number of aromatic hydroxyl groups is 1. The van der Waals surface area contributed by atoms with Crippen LogP contribution in [-0.4, -0.2) is 28.7 Å². The zero-order chi connectivity index (χ0) is 19.2. The van der Waals surface area contributed by atoms with Crippen molar-refractivity contribution >= 4 is 58.4 Å². The number of rotatable bonds is 4. The van der Waals surface area contributed by atoms with E-state index in [4.69, 9.17) is 33.0 Å². The highest BCUT2D eigenvalue weighted by atomic mass is 127. The van der Waals surface area contributed by atoms with E-state index in [2.05, 4.69) is 29.5 Å². The molecule has 4 nitrogen and oxygen atoms in total. The molecule has 2 aromatic rings. The van der Waals surface area contributed by atoms with Crippen molar-refractivity contribution in [3.8, 4) is 11.5 Å². The van der Waals surface area contributed by atoms with Gasteiger partial charge in [0.2, 0.25) is 0 Å². The Morgan fingerprint density at radius 1 is 1.00 bits per heavy atom. The van der Waals surface area contributed by atoms with Gasteiger partial charge in [-0.05, 0) is 47.7 Å². The molecule has 0 aromatic heterocycles. The Labute approximate surface area is 171 Å². The first kappa shape index (κ1) is 23.7. The van der Waals surface area contributed by atoms with Crippen molar-refractivity contribution in [2.45, 2.75) is 13.8 Å². The zero-order valence-electron chi connectivity index (χ0n) is 13.8. The van der Waals surface area contributed by atoms with Crippen LogP contribution in [-0.2, 0) is 0 Å². The van der Waals surface area contributed by atoms with Gasteiger partial charge in [0, 0.05) is 11.1 Å². The number of halogens is 3. The smallest absolute Gasteiger partial charge is 0.150 e. The number of ether oxygens (including phenoxy) is 1. The van der Waals surface area contributed by atoms with E-state index in [0.29, 0.717) is 34.8 Å². The fourth-order valence-electron chi connectivity index (χ4n) is 1.46. The number of phenols is 1. The lowest BCUT2D eigenvalue weighted by Gasteiger charge is -2.04. The van der Waals surface area contributed by atoms with E-state index >= 15 is 0 Å². The number of benzene rings is 2. The first-order valence-electron chi connectivity index (χ1n) is 7.30. The summed E-state index contributed by atoms with van der Waals surface area (Å²) in [6, 6.07) is 9.25. The predicted octanol–water partition coefficient (Wildman–Crippen LogP) is 5.85. The molecule has 0 spiro atoms. The van der Waals surface area contributed by atoms with Gasteiger partial charge in [0.1, 0.15) is 24.1 Å². The molecule has 7 heteroatoms. The molecule has 25 heavy (non-hydrogen) atoms. The third-order valence-corrected chi connectivity index (χ3v) is 3.13. The van der Waals surface area contributed by atoms with Crippen molar-refractivity contribution in [2.75, 3.05) is 11.0 Å². The van der Waals surface area contributed by atoms with Crippen LogP contribution in [0.1, 0.15) is 34.6 Å². The highest BCUT2D eigenvalue weighted by molar-refractivity contribution is 14.1. The molecule has 0 unspecified atom stereocenters. The Balaban J connectivity index is 0.000000403. The van der Waals surface area contributed by atoms with E-state index in [1.807, 2.05) is 6.92 Å². The topological polar surface area (TPSA) is 63.6 Å². The number of carbonyl (C=O) groups excluding carboxylic acids is 2. The van der Waals surface area contributed by atoms with E-state index < -0.39 is 0 Å². The maximum atomic E-state index is 10.4. The average molecular weight is 497 g/mol. The van der Waals surface area contributed by atoms with Crippen LogP contribution in [0.2, 0.25) is 10.0 Å². The Kier molecular flexibility index (Phi) is 13.2. The number of alkyl halides is 1. The van der Waals surface area contributed by atoms with Gasteiger partial charge in [-0.2, -0.15) is 0 Å². The van der Waals surface area contributed by atoms with Crippen molar-refractivity contribution in [3.05, 3.63) is 57.6 Å². The molecule has 0 heterocycles. The summed E-state index contributed by atoms with van der Waals surface area (Å²) in [5.41, 5.74) is 0.991. The Hall–Kier alpha value is -1.31. The lowest BCUT2D eigenvalue weighted by molar-refractivity contribution is 0.111. The van der Waals surface area contributed by atoms with E-state index in [1.165, 1.54) is 22.6 Å². The van der Waals surface area contributed by atoms with Gasteiger partial charge in [-0.25, -0.2) is 0 Å². The SMILES string of the molecule is CCI.CCOc1cc(C=O)ccc1Cl.O=Cc1ccc(Cl)c(O)c1. The van der Waals surface area contributed by atoms with Crippen LogP contribution < -0.4 is 4.74 Å². The van der Waals surface area contributed by atoms with Gasteiger partial charge in [0.05, 0.1) is 16.7 Å². The minimum atomic E-state index is -0.0636. The molecule has 1 N–H and O–H groups in total. The second kappa shape index (κ2) is 13.9. The summed E-state index contributed by atoms with van der Waals surface area (Å²) in [6.07, 6.45) is 1.41. The van der Waals surface area contributed by atoms with E-state index in [9.17, 15) is 9.59 Å². The highest BCUT2D eigenvalue weighted by Crippen LogP contribution is 2.24. The Morgan fingerprint density at radius 2 is 1.48 bits per heavy atom. The van der Waals surface area contributed by atoms with Crippen LogP contribution in [0.4, 0.5) is 0 Å². The molecule has 0 saturated heterocycles. The number of hydrogen-bond donors (Lipinski definition) is 1. The second-order valence-corrected chi connectivity index (χ2v) is 6.68. The number of phenolic OH excluding ortho intramolecular Hbond substituents is 1. The van der Waals surface area contributed by atoms with Crippen LogP contribution in [0.5, 0.6) is 11.5 Å². The van der Waals surface area contributed by atoms with Gasteiger partial charge in [-0.1, -0.05) is 52.7 Å². The fourth-order valence-corrected chi connectivity index (χ4v) is 1.75. The lowest BCUT2D eigenvalue weighted by Crippen LogP contribution is -1.93. The van der Waals surface area contributed by atoms with Gasteiger partial charge in [-0.15, -0.1) is 0 Å². The van der Waals surface area contributed by atoms with E-state index in [0.717, 1.165) is 6.29 Å². The summed E-state index contributed by atoms with van der Waals surface area (Å²) in [5, 5.41) is 9.73. The first-order chi connectivity index (χ1) is 11.9. The minimum Gasteiger partial charge on any atom is -0.506 e. The van der Waals surface area contributed by atoms with Crippen molar-refractivity contribution in [2.24, 2.45) is 0 Å². The number of carbonyl (C=O) groups is 2. The lowest BCUT2D eigenvalue weighted by atomic mass is 10.2. The fraction of sp³-hybridized carbons (Fsp3) is 0.222. The minimum absolute atomic E-state index is 0.0636.